The Labute approximate surface area is 116 Å². The lowest BCUT2D eigenvalue weighted by molar-refractivity contribution is -0.121. The number of carbonyl (C=O) groups is 1. The Balaban J connectivity index is 1.44. The van der Waals surface area contributed by atoms with Crippen molar-refractivity contribution < 1.29 is 9.53 Å². The van der Waals surface area contributed by atoms with Gasteiger partial charge in [-0.25, -0.2) is 0 Å². The second kappa shape index (κ2) is 8.51. The number of amides is 1. The number of ether oxygens (including phenoxy) is 1. The number of nitrogens with zero attached hydrogens (tertiary/aromatic N) is 1. The third-order valence-corrected chi connectivity index (χ3v) is 3.92. The van der Waals surface area contributed by atoms with Crippen LogP contribution >= 0.6 is 0 Å². The predicted molar refractivity (Wildman–Crippen MR) is 75.1 cm³/mol. The van der Waals surface area contributed by atoms with Crippen LogP contribution in [-0.2, 0) is 9.53 Å². The first-order valence-corrected chi connectivity index (χ1v) is 7.66. The summed E-state index contributed by atoms with van der Waals surface area (Å²) in [6, 6.07) is 0. The summed E-state index contributed by atoms with van der Waals surface area (Å²) in [5, 5.41) is 6.25. The molecule has 0 bridgehead atoms. The predicted octanol–water partition coefficient (Wildman–Crippen LogP) is 0.357. The van der Waals surface area contributed by atoms with E-state index in [-0.39, 0.29) is 5.91 Å². The van der Waals surface area contributed by atoms with Crippen molar-refractivity contribution in [1.82, 2.24) is 15.5 Å². The summed E-state index contributed by atoms with van der Waals surface area (Å²) in [5.74, 6) is 0.154. The first-order valence-electron chi connectivity index (χ1n) is 7.66. The maximum atomic E-state index is 11.6. The van der Waals surface area contributed by atoms with Gasteiger partial charge in [-0.3, -0.25) is 4.79 Å². The molecule has 0 unspecified atom stereocenters. The van der Waals surface area contributed by atoms with E-state index in [1.165, 1.54) is 12.8 Å². The Morgan fingerprint density at radius 1 is 1.26 bits per heavy atom. The molecule has 0 atom stereocenters. The largest absolute Gasteiger partial charge is 0.376 e. The lowest BCUT2D eigenvalue weighted by atomic mass is 10.1. The highest BCUT2D eigenvalue weighted by atomic mass is 16.5. The molecule has 0 saturated carbocycles. The van der Waals surface area contributed by atoms with Crippen LogP contribution in [0.25, 0.3) is 0 Å². The molecule has 2 rings (SSSR count). The van der Waals surface area contributed by atoms with Crippen LogP contribution < -0.4 is 10.6 Å². The summed E-state index contributed by atoms with van der Waals surface area (Å²) in [7, 11) is 0. The van der Waals surface area contributed by atoms with Crippen LogP contribution in [0, 0.1) is 0 Å². The lowest BCUT2D eigenvalue weighted by Crippen LogP contribution is -2.35. The van der Waals surface area contributed by atoms with E-state index in [0.29, 0.717) is 25.7 Å². The molecule has 0 spiro atoms. The van der Waals surface area contributed by atoms with E-state index in [9.17, 15) is 4.79 Å². The van der Waals surface area contributed by atoms with E-state index in [1.54, 1.807) is 0 Å². The monoisotopic (exact) mass is 269 g/mol. The van der Waals surface area contributed by atoms with Gasteiger partial charge in [0, 0.05) is 19.5 Å². The van der Waals surface area contributed by atoms with Crippen molar-refractivity contribution in [1.29, 1.82) is 0 Å². The summed E-state index contributed by atoms with van der Waals surface area (Å²) < 4.78 is 5.75. The summed E-state index contributed by atoms with van der Waals surface area (Å²) in [6.07, 6.45) is 5.74. The van der Waals surface area contributed by atoms with Crippen LogP contribution in [0.2, 0.25) is 0 Å². The minimum atomic E-state index is 0.154. The normalized spacial score (nSPS) is 21.7. The molecule has 0 aromatic heterocycles. The first-order chi connectivity index (χ1) is 9.34. The minimum absolute atomic E-state index is 0.154. The van der Waals surface area contributed by atoms with E-state index in [4.69, 9.17) is 4.74 Å². The fourth-order valence-corrected chi connectivity index (χ4v) is 2.73. The van der Waals surface area contributed by atoms with Gasteiger partial charge in [-0.15, -0.1) is 0 Å². The second-order valence-corrected chi connectivity index (χ2v) is 5.47. The molecule has 2 aliphatic heterocycles. The fraction of sp³-hybridized carbons (Fsp3) is 0.929. The van der Waals surface area contributed by atoms with E-state index in [0.717, 1.165) is 45.6 Å². The summed E-state index contributed by atoms with van der Waals surface area (Å²) >= 11 is 0. The molecule has 110 valence electrons. The minimum Gasteiger partial charge on any atom is -0.376 e. The van der Waals surface area contributed by atoms with Crippen molar-refractivity contribution in [2.45, 2.75) is 38.2 Å². The molecule has 5 nitrogen and oxygen atoms in total. The highest BCUT2D eigenvalue weighted by Crippen LogP contribution is 2.07. The Morgan fingerprint density at radius 3 is 2.74 bits per heavy atom. The molecule has 2 heterocycles. The SMILES string of the molecule is O=C(CCN1CCCC1)NCCOC1CCNCC1. The number of rotatable bonds is 7. The topological polar surface area (TPSA) is 53.6 Å². The zero-order valence-corrected chi connectivity index (χ0v) is 11.8. The lowest BCUT2D eigenvalue weighted by Gasteiger charge is -2.23. The average molecular weight is 269 g/mol. The molecule has 0 aliphatic carbocycles. The van der Waals surface area contributed by atoms with Crippen LogP contribution in [0.4, 0.5) is 0 Å². The van der Waals surface area contributed by atoms with Gasteiger partial charge in [-0.2, -0.15) is 0 Å². The first kappa shape index (κ1) is 14.8. The Morgan fingerprint density at radius 2 is 2.00 bits per heavy atom. The van der Waals surface area contributed by atoms with Gasteiger partial charge in [0.1, 0.15) is 0 Å². The molecule has 2 N–H and O–H groups in total. The average Bonchev–Trinajstić information content (AvgIpc) is 2.96. The molecular formula is C14H27N3O2. The van der Waals surface area contributed by atoms with Gasteiger partial charge >= 0.3 is 0 Å². The van der Waals surface area contributed by atoms with Crippen molar-refractivity contribution in [2.24, 2.45) is 0 Å². The maximum absolute atomic E-state index is 11.6. The Kier molecular flexibility index (Phi) is 6.61. The summed E-state index contributed by atoms with van der Waals surface area (Å²) in [4.78, 5) is 14.0. The fourth-order valence-electron chi connectivity index (χ4n) is 2.73. The Hall–Kier alpha value is -0.650. The Bertz CT molecular complexity index is 261. The van der Waals surface area contributed by atoms with Gasteiger partial charge in [0.15, 0.2) is 0 Å². The summed E-state index contributed by atoms with van der Waals surface area (Å²) in [5.41, 5.74) is 0. The zero-order valence-electron chi connectivity index (χ0n) is 11.8. The van der Waals surface area contributed by atoms with Gasteiger partial charge in [-0.1, -0.05) is 0 Å². The van der Waals surface area contributed by atoms with E-state index in [1.807, 2.05) is 0 Å². The van der Waals surface area contributed by atoms with Crippen LogP contribution in [0.1, 0.15) is 32.1 Å². The quantitative estimate of drug-likeness (QED) is 0.655. The molecule has 2 fully saturated rings. The van der Waals surface area contributed by atoms with Crippen LogP contribution in [0.3, 0.4) is 0 Å². The molecule has 0 aromatic carbocycles. The summed E-state index contributed by atoms with van der Waals surface area (Å²) in [6.45, 7) is 6.60. The van der Waals surface area contributed by atoms with Gasteiger partial charge in [0.25, 0.3) is 0 Å². The molecule has 19 heavy (non-hydrogen) atoms. The molecule has 2 aliphatic rings. The molecule has 5 heteroatoms. The third-order valence-electron chi connectivity index (χ3n) is 3.92. The smallest absolute Gasteiger partial charge is 0.221 e. The van der Waals surface area contributed by atoms with Crippen LogP contribution in [0.15, 0.2) is 0 Å². The highest BCUT2D eigenvalue weighted by molar-refractivity contribution is 5.76. The van der Waals surface area contributed by atoms with Crippen molar-refractivity contribution >= 4 is 5.91 Å². The third kappa shape index (κ3) is 5.89. The van der Waals surface area contributed by atoms with Crippen molar-refractivity contribution in [2.75, 3.05) is 45.9 Å². The van der Waals surface area contributed by atoms with E-state index < -0.39 is 0 Å². The molecule has 2 saturated heterocycles. The number of piperidine rings is 1. The van der Waals surface area contributed by atoms with Gasteiger partial charge in [0.2, 0.25) is 5.91 Å². The van der Waals surface area contributed by atoms with Crippen molar-refractivity contribution in [3.63, 3.8) is 0 Å². The number of likely N-dealkylation sites (tertiary alicyclic amines) is 1. The molecule has 1 amide bonds. The number of hydrogen-bond donors (Lipinski definition) is 2. The van der Waals surface area contributed by atoms with Crippen LogP contribution in [-0.4, -0.2) is 62.8 Å². The number of carbonyl (C=O) groups excluding carboxylic acids is 1. The number of hydrogen-bond acceptors (Lipinski definition) is 4. The molecular weight excluding hydrogens is 242 g/mol. The van der Waals surface area contributed by atoms with Gasteiger partial charge < -0.3 is 20.3 Å². The van der Waals surface area contributed by atoms with Gasteiger partial charge in [-0.05, 0) is 51.9 Å². The number of nitrogens with one attached hydrogen (secondary N) is 2. The second-order valence-electron chi connectivity index (χ2n) is 5.47. The van der Waals surface area contributed by atoms with Gasteiger partial charge in [0.05, 0.1) is 12.7 Å². The van der Waals surface area contributed by atoms with Crippen molar-refractivity contribution in [3.05, 3.63) is 0 Å². The van der Waals surface area contributed by atoms with E-state index >= 15 is 0 Å². The zero-order chi connectivity index (χ0) is 13.3. The van der Waals surface area contributed by atoms with Crippen LogP contribution in [0.5, 0.6) is 0 Å². The maximum Gasteiger partial charge on any atom is 0.221 e. The molecule has 0 radical (unpaired) electrons. The standard InChI is InChI=1S/C14H27N3O2/c18-14(5-11-17-9-1-2-10-17)16-8-12-19-13-3-6-15-7-4-13/h13,15H,1-12H2,(H,16,18). The molecule has 0 aromatic rings. The highest BCUT2D eigenvalue weighted by Gasteiger charge is 2.14. The van der Waals surface area contributed by atoms with E-state index in [2.05, 4.69) is 15.5 Å². The van der Waals surface area contributed by atoms with Crippen molar-refractivity contribution in [3.8, 4) is 0 Å².